The molecule has 1 aromatic heterocycles. The number of nitrogens with zero attached hydrogens (tertiary/aromatic N) is 3. The minimum atomic E-state index is -0.0482. The molecule has 2 aromatic carbocycles. The lowest BCUT2D eigenvalue weighted by Crippen LogP contribution is -2.36. The topological polar surface area (TPSA) is 45.7 Å². The first kappa shape index (κ1) is 22.1. The molecule has 0 N–H and O–H groups in total. The zero-order valence-electron chi connectivity index (χ0n) is 16.9. The lowest BCUT2D eigenvalue weighted by molar-refractivity contribution is 0.0985. The van der Waals surface area contributed by atoms with Crippen LogP contribution in [0.5, 0.6) is 5.75 Å². The molecule has 1 heterocycles. The molecule has 0 saturated carbocycles. The number of ether oxygens (including phenoxy) is 1. The Morgan fingerprint density at radius 3 is 2.36 bits per heavy atom. The summed E-state index contributed by atoms with van der Waals surface area (Å²) in [5.41, 5.74) is 3.98. The van der Waals surface area contributed by atoms with Crippen molar-refractivity contribution in [1.82, 2.24) is 9.88 Å². The molecule has 0 aliphatic carbocycles. The van der Waals surface area contributed by atoms with Crippen LogP contribution in [0.25, 0.3) is 10.2 Å². The number of fused-ring (bicyclic) bond motifs is 1. The van der Waals surface area contributed by atoms with Crippen LogP contribution < -0.4 is 9.64 Å². The van der Waals surface area contributed by atoms with Crippen LogP contribution in [0.3, 0.4) is 0 Å². The minimum absolute atomic E-state index is 0. The van der Waals surface area contributed by atoms with E-state index in [1.165, 1.54) is 11.1 Å². The van der Waals surface area contributed by atoms with Crippen molar-refractivity contribution in [2.24, 2.45) is 0 Å². The lowest BCUT2D eigenvalue weighted by Gasteiger charge is -2.22. The van der Waals surface area contributed by atoms with E-state index in [1.54, 1.807) is 35.5 Å². The van der Waals surface area contributed by atoms with Crippen LogP contribution in [-0.2, 0) is 0 Å². The van der Waals surface area contributed by atoms with Gasteiger partial charge in [0.05, 0.1) is 17.3 Å². The van der Waals surface area contributed by atoms with Gasteiger partial charge in [-0.2, -0.15) is 0 Å². The minimum Gasteiger partial charge on any atom is -0.497 e. The van der Waals surface area contributed by atoms with Crippen molar-refractivity contribution >= 4 is 45.0 Å². The summed E-state index contributed by atoms with van der Waals surface area (Å²) in [6.07, 6.45) is 0. The summed E-state index contributed by atoms with van der Waals surface area (Å²) in [5, 5.41) is 0.737. The number of hydrogen-bond acceptors (Lipinski definition) is 5. The van der Waals surface area contributed by atoms with Crippen LogP contribution >= 0.6 is 23.7 Å². The summed E-state index contributed by atoms with van der Waals surface area (Å²) < 4.78 is 6.30. The van der Waals surface area contributed by atoms with Gasteiger partial charge in [0, 0.05) is 18.7 Å². The van der Waals surface area contributed by atoms with Crippen molar-refractivity contribution in [1.29, 1.82) is 0 Å². The molecule has 0 fully saturated rings. The third kappa shape index (κ3) is 4.63. The molecule has 0 bridgehead atoms. The second-order valence-corrected chi connectivity index (χ2v) is 7.85. The van der Waals surface area contributed by atoms with Crippen molar-refractivity contribution in [3.63, 3.8) is 0 Å². The number of benzene rings is 2. The van der Waals surface area contributed by atoms with E-state index in [9.17, 15) is 4.79 Å². The van der Waals surface area contributed by atoms with Gasteiger partial charge in [-0.1, -0.05) is 17.4 Å². The van der Waals surface area contributed by atoms with Crippen molar-refractivity contribution in [3.8, 4) is 5.75 Å². The lowest BCUT2D eigenvalue weighted by atomic mass is 10.1. The van der Waals surface area contributed by atoms with Gasteiger partial charge in [0.25, 0.3) is 5.91 Å². The Morgan fingerprint density at radius 1 is 1.07 bits per heavy atom. The third-order valence-electron chi connectivity index (χ3n) is 4.66. The molecule has 0 radical (unpaired) electrons. The molecule has 3 rings (SSSR count). The predicted molar refractivity (Wildman–Crippen MR) is 120 cm³/mol. The number of anilines is 1. The van der Waals surface area contributed by atoms with Crippen LogP contribution in [0.4, 0.5) is 5.13 Å². The summed E-state index contributed by atoms with van der Waals surface area (Å²) in [7, 11) is 5.62. The highest BCUT2D eigenvalue weighted by atomic mass is 35.5. The van der Waals surface area contributed by atoms with Gasteiger partial charge >= 0.3 is 0 Å². The first-order valence-electron chi connectivity index (χ1n) is 8.88. The average molecular weight is 420 g/mol. The van der Waals surface area contributed by atoms with E-state index < -0.39 is 0 Å². The second kappa shape index (κ2) is 9.37. The predicted octanol–water partition coefficient (Wildman–Crippen LogP) is 4.55. The molecule has 0 unspecified atom stereocenters. The van der Waals surface area contributed by atoms with Gasteiger partial charge in [-0.25, -0.2) is 4.98 Å². The summed E-state index contributed by atoms with van der Waals surface area (Å²) >= 11 is 1.56. The highest BCUT2D eigenvalue weighted by molar-refractivity contribution is 7.22. The molecule has 0 atom stereocenters. The Hall–Kier alpha value is -2.15. The number of carbonyl (C=O) groups excluding carboxylic acids is 1. The maximum absolute atomic E-state index is 13.2. The Kier molecular flexibility index (Phi) is 7.41. The zero-order chi connectivity index (χ0) is 19.6. The van der Waals surface area contributed by atoms with Crippen LogP contribution in [0, 0.1) is 13.8 Å². The Balaban J connectivity index is 0.00000280. The van der Waals surface area contributed by atoms with E-state index in [2.05, 4.69) is 30.9 Å². The molecule has 0 aliphatic rings. The SMILES string of the molecule is COc1ccc(C(=O)N(CCN(C)C)c2nc3c(C)c(C)ccc3s2)cc1.Cl. The highest BCUT2D eigenvalue weighted by Gasteiger charge is 2.22. The molecule has 5 nitrogen and oxygen atoms in total. The fourth-order valence-electron chi connectivity index (χ4n) is 2.80. The van der Waals surface area contributed by atoms with Gasteiger partial charge in [-0.15, -0.1) is 12.4 Å². The van der Waals surface area contributed by atoms with E-state index in [-0.39, 0.29) is 18.3 Å². The van der Waals surface area contributed by atoms with Gasteiger partial charge in [-0.05, 0) is 69.4 Å². The molecule has 7 heteroatoms. The largest absolute Gasteiger partial charge is 0.497 e. The van der Waals surface area contributed by atoms with Crippen LogP contribution in [-0.4, -0.2) is 50.1 Å². The number of hydrogen-bond donors (Lipinski definition) is 0. The second-order valence-electron chi connectivity index (χ2n) is 6.84. The Labute approximate surface area is 176 Å². The number of methoxy groups -OCH3 is 1. The van der Waals surface area contributed by atoms with Gasteiger partial charge in [0.1, 0.15) is 5.75 Å². The fourth-order valence-corrected chi connectivity index (χ4v) is 3.85. The smallest absolute Gasteiger partial charge is 0.260 e. The van der Waals surface area contributed by atoms with Gasteiger partial charge in [0.15, 0.2) is 5.13 Å². The third-order valence-corrected chi connectivity index (χ3v) is 5.70. The molecule has 1 amide bonds. The summed E-state index contributed by atoms with van der Waals surface area (Å²) in [6.45, 7) is 5.50. The number of carbonyl (C=O) groups is 1. The number of aryl methyl sites for hydroxylation is 2. The molecule has 150 valence electrons. The van der Waals surface area contributed by atoms with E-state index >= 15 is 0 Å². The van der Waals surface area contributed by atoms with Crippen molar-refractivity contribution in [2.45, 2.75) is 13.8 Å². The van der Waals surface area contributed by atoms with Crippen LogP contribution in [0.2, 0.25) is 0 Å². The zero-order valence-corrected chi connectivity index (χ0v) is 18.5. The van der Waals surface area contributed by atoms with Crippen molar-refractivity contribution in [3.05, 3.63) is 53.1 Å². The van der Waals surface area contributed by atoms with E-state index in [0.29, 0.717) is 12.1 Å². The van der Waals surface area contributed by atoms with E-state index in [0.717, 1.165) is 27.6 Å². The molecule has 0 aliphatic heterocycles. The van der Waals surface area contributed by atoms with Crippen LogP contribution in [0.15, 0.2) is 36.4 Å². The molecule has 28 heavy (non-hydrogen) atoms. The monoisotopic (exact) mass is 419 g/mol. The number of halogens is 1. The molecule has 3 aromatic rings. The number of likely N-dealkylation sites (N-methyl/N-ethyl adjacent to an activating group) is 1. The van der Waals surface area contributed by atoms with E-state index in [1.807, 2.05) is 26.2 Å². The van der Waals surface area contributed by atoms with Gasteiger partial charge in [0.2, 0.25) is 0 Å². The summed E-state index contributed by atoms with van der Waals surface area (Å²) in [5.74, 6) is 0.686. The first-order chi connectivity index (χ1) is 12.9. The van der Waals surface area contributed by atoms with Crippen molar-refractivity contribution < 1.29 is 9.53 Å². The quantitative estimate of drug-likeness (QED) is 0.587. The first-order valence-corrected chi connectivity index (χ1v) is 9.69. The average Bonchev–Trinajstić information content (AvgIpc) is 3.09. The maximum Gasteiger partial charge on any atom is 0.260 e. The number of amides is 1. The molecule has 0 spiro atoms. The molecule has 0 saturated heterocycles. The summed E-state index contributed by atoms with van der Waals surface area (Å²) in [4.78, 5) is 21.9. The molecular formula is C21H26ClN3O2S. The Morgan fingerprint density at radius 2 is 1.75 bits per heavy atom. The van der Waals surface area contributed by atoms with Gasteiger partial charge in [-0.3, -0.25) is 9.69 Å². The standard InChI is InChI=1S/C21H25N3O2S.ClH/c1-14-6-11-18-19(15(14)2)22-21(27-18)24(13-12-23(3)4)20(25)16-7-9-17(26-5)10-8-16;/h6-11H,12-13H2,1-5H3;1H. The number of aromatic nitrogens is 1. The maximum atomic E-state index is 13.2. The normalized spacial score (nSPS) is 10.8. The number of rotatable bonds is 6. The van der Waals surface area contributed by atoms with Gasteiger partial charge < -0.3 is 9.64 Å². The fraction of sp³-hybridized carbons (Fsp3) is 0.333. The Bertz CT molecular complexity index is 954. The molecular weight excluding hydrogens is 394 g/mol. The van der Waals surface area contributed by atoms with Crippen LogP contribution in [0.1, 0.15) is 21.5 Å². The summed E-state index contributed by atoms with van der Waals surface area (Å²) in [6, 6.07) is 11.4. The highest BCUT2D eigenvalue weighted by Crippen LogP contribution is 2.32. The number of thiazole rings is 1. The van der Waals surface area contributed by atoms with E-state index in [4.69, 9.17) is 9.72 Å². The van der Waals surface area contributed by atoms with Crippen molar-refractivity contribution in [2.75, 3.05) is 39.2 Å².